The molecule has 0 saturated carbocycles. The van der Waals surface area contributed by atoms with Gasteiger partial charge in [-0.1, -0.05) is 25.1 Å². The van der Waals surface area contributed by atoms with Crippen LogP contribution in [-0.2, 0) is 58.8 Å². The highest BCUT2D eigenvalue weighted by Gasteiger charge is 2.42. The van der Waals surface area contributed by atoms with Gasteiger partial charge in [0.1, 0.15) is 0 Å². The molecule has 0 aromatic heterocycles. The number of nitrogens with one attached hydrogen (secondary N) is 5. The highest BCUT2D eigenvalue weighted by molar-refractivity contribution is 8.00. The second-order valence-corrected chi connectivity index (χ2v) is 18.2. The van der Waals surface area contributed by atoms with Gasteiger partial charge in [-0.15, -0.1) is 0 Å². The molecular formula is C46H75N9O12S. The van der Waals surface area contributed by atoms with Gasteiger partial charge in [0.05, 0.1) is 92.3 Å². The number of hydrogen-bond acceptors (Lipinski definition) is 19. The maximum absolute atomic E-state index is 12.8. The predicted octanol–water partition coefficient (Wildman–Crippen LogP) is 0.249. The molecule has 3 heterocycles. The van der Waals surface area contributed by atoms with Crippen LogP contribution in [0.5, 0.6) is 0 Å². The number of amides is 3. The van der Waals surface area contributed by atoms with Gasteiger partial charge in [-0.05, 0) is 43.4 Å². The van der Waals surface area contributed by atoms with Crippen LogP contribution < -0.4 is 26.6 Å². The number of nitrogens with zero attached hydrogens (tertiary/aromatic N) is 4. The third-order valence-electron chi connectivity index (χ3n) is 12.0. The maximum atomic E-state index is 12.8. The Morgan fingerprint density at radius 3 is 1.93 bits per heavy atom. The SMILES string of the molecule is C=C(NCCCOCCOCCNC(=O)CCCC[C@@H]1SC[C@@H]2NC(=O)N[C@@H]21)Nc1ccc(CC2CN(CC(=O)OC)CCN(CC(=O)OC)CCN(CC(=O)OC)CCN2CC(=O)OC)cc1. The van der Waals surface area contributed by atoms with Crippen molar-refractivity contribution in [3.8, 4) is 0 Å². The molecule has 3 aliphatic heterocycles. The molecule has 4 rings (SSSR count). The molecule has 0 bridgehead atoms. The molecule has 5 N–H and O–H groups in total. The van der Waals surface area contributed by atoms with Crippen LogP contribution in [0.25, 0.3) is 0 Å². The number of ether oxygens (including phenoxy) is 6. The van der Waals surface area contributed by atoms with Crippen molar-refractivity contribution >= 4 is 53.3 Å². The number of carbonyl (C=O) groups excluding carboxylic acids is 6. The molecular weight excluding hydrogens is 903 g/mol. The normalized spacial score (nSPS) is 20.7. The van der Waals surface area contributed by atoms with Crippen LogP contribution in [0, 0.1) is 0 Å². The third kappa shape index (κ3) is 21.3. The van der Waals surface area contributed by atoms with Crippen molar-refractivity contribution in [1.82, 2.24) is 40.9 Å². The number of thioether (sulfide) groups is 1. The van der Waals surface area contributed by atoms with E-state index in [1.54, 1.807) is 0 Å². The maximum Gasteiger partial charge on any atom is 0.319 e. The van der Waals surface area contributed by atoms with Crippen molar-refractivity contribution < 1.29 is 57.2 Å². The Kier molecular flexibility index (Phi) is 25.8. The number of unbranched alkanes of at least 4 members (excludes halogenated alkanes) is 1. The molecule has 1 aromatic rings. The Labute approximate surface area is 405 Å². The first kappa shape index (κ1) is 55.9. The molecule has 3 fully saturated rings. The first-order chi connectivity index (χ1) is 32.9. The molecule has 0 aliphatic carbocycles. The summed E-state index contributed by atoms with van der Waals surface area (Å²) in [7, 11) is 5.36. The van der Waals surface area contributed by atoms with Crippen LogP contribution in [0.3, 0.4) is 0 Å². The number of anilines is 1. The number of benzene rings is 1. The summed E-state index contributed by atoms with van der Waals surface area (Å²) in [4.78, 5) is 81.9. The molecule has 3 aliphatic rings. The van der Waals surface area contributed by atoms with E-state index in [1.165, 1.54) is 28.4 Å². The van der Waals surface area contributed by atoms with Crippen LogP contribution in [0.2, 0.25) is 0 Å². The molecule has 1 unspecified atom stereocenters. The van der Waals surface area contributed by atoms with E-state index in [9.17, 15) is 28.8 Å². The van der Waals surface area contributed by atoms with E-state index in [0.717, 1.165) is 42.7 Å². The number of esters is 4. The topological polar surface area (TPSA) is 231 Å². The van der Waals surface area contributed by atoms with Gasteiger partial charge in [0.25, 0.3) is 0 Å². The fourth-order valence-electron chi connectivity index (χ4n) is 8.16. The minimum Gasteiger partial charge on any atom is -0.468 e. The molecule has 21 nitrogen and oxygen atoms in total. The number of hydrogen-bond donors (Lipinski definition) is 5. The Bertz CT molecular complexity index is 1750. The van der Waals surface area contributed by atoms with Gasteiger partial charge in [0, 0.05) is 94.7 Å². The first-order valence-electron chi connectivity index (χ1n) is 23.5. The Morgan fingerprint density at radius 2 is 1.28 bits per heavy atom. The molecule has 4 atom stereocenters. The Morgan fingerprint density at radius 1 is 0.691 bits per heavy atom. The average molecular weight is 978 g/mol. The molecule has 382 valence electrons. The van der Waals surface area contributed by atoms with E-state index in [-0.39, 0.29) is 56.2 Å². The summed E-state index contributed by atoms with van der Waals surface area (Å²) < 4.78 is 31.4. The van der Waals surface area contributed by atoms with E-state index >= 15 is 0 Å². The van der Waals surface area contributed by atoms with E-state index in [1.807, 2.05) is 55.6 Å². The fourth-order valence-corrected chi connectivity index (χ4v) is 9.70. The van der Waals surface area contributed by atoms with Crippen molar-refractivity contribution in [1.29, 1.82) is 0 Å². The van der Waals surface area contributed by atoms with E-state index in [2.05, 4.69) is 33.2 Å². The summed E-state index contributed by atoms with van der Waals surface area (Å²) in [5.74, 6) is -0.0277. The minimum absolute atomic E-state index is 0.00647. The van der Waals surface area contributed by atoms with Crippen molar-refractivity contribution in [2.75, 3.05) is 151 Å². The zero-order chi connectivity index (χ0) is 49.1. The number of rotatable bonds is 28. The predicted molar refractivity (Wildman–Crippen MR) is 257 cm³/mol. The van der Waals surface area contributed by atoms with Crippen molar-refractivity contribution in [3.63, 3.8) is 0 Å². The number of methoxy groups -OCH3 is 4. The summed E-state index contributed by atoms with van der Waals surface area (Å²) in [6.45, 7) is 10.0. The highest BCUT2D eigenvalue weighted by atomic mass is 32.2. The van der Waals surface area contributed by atoms with Crippen LogP contribution in [0.15, 0.2) is 36.7 Å². The van der Waals surface area contributed by atoms with Crippen molar-refractivity contribution in [3.05, 3.63) is 42.2 Å². The van der Waals surface area contributed by atoms with Gasteiger partial charge in [-0.3, -0.25) is 43.6 Å². The summed E-state index contributed by atoms with van der Waals surface area (Å²) in [6, 6.07) is 7.98. The Hall–Kier alpha value is -4.71. The molecule has 0 radical (unpaired) electrons. The number of urea groups is 1. The molecule has 3 saturated heterocycles. The largest absolute Gasteiger partial charge is 0.468 e. The standard InChI is InChI=1S/C46H75N9O12S/c1-34(47-15-8-23-66-25-26-67-24-16-48-40(56)10-7-6-9-39-45-38(33-68-39)50-46(61)51-45)49-36-13-11-35(12-14-36)27-37-28-54(31-43(59)64-4)20-19-52(29-41(57)62-2)17-18-53(30-42(58)63-3)21-22-55(37)32-44(60)65-5/h11-14,37-39,45,47,49H,1,6-10,15-33H2,2-5H3,(H,48,56)(H2,50,51,61)/t37?,38-,39-,45-/m0/s1. The molecule has 3 amide bonds. The lowest BCUT2D eigenvalue weighted by Crippen LogP contribution is -2.53. The lowest BCUT2D eigenvalue weighted by molar-refractivity contribution is -0.145. The molecule has 0 spiro atoms. The molecule has 68 heavy (non-hydrogen) atoms. The molecule has 1 aromatic carbocycles. The average Bonchev–Trinajstić information content (AvgIpc) is 3.89. The highest BCUT2D eigenvalue weighted by Crippen LogP contribution is 2.33. The fraction of sp³-hybridized carbons (Fsp3) is 0.696. The van der Waals surface area contributed by atoms with Gasteiger partial charge in [0.15, 0.2) is 0 Å². The monoisotopic (exact) mass is 978 g/mol. The summed E-state index contributed by atoms with van der Waals surface area (Å²) in [5.41, 5.74) is 1.82. The second-order valence-electron chi connectivity index (χ2n) is 16.9. The van der Waals surface area contributed by atoms with E-state index < -0.39 is 23.9 Å². The number of carbonyl (C=O) groups is 6. The van der Waals surface area contributed by atoms with Gasteiger partial charge >= 0.3 is 29.9 Å². The quantitative estimate of drug-likeness (QED) is 0.0328. The van der Waals surface area contributed by atoms with Crippen LogP contribution in [-0.4, -0.2) is 224 Å². The smallest absolute Gasteiger partial charge is 0.319 e. The van der Waals surface area contributed by atoms with E-state index in [0.29, 0.717) is 109 Å². The van der Waals surface area contributed by atoms with Crippen LogP contribution >= 0.6 is 11.8 Å². The van der Waals surface area contributed by atoms with Crippen LogP contribution in [0.4, 0.5) is 10.5 Å². The second kappa shape index (κ2) is 31.4. The van der Waals surface area contributed by atoms with E-state index in [4.69, 9.17) is 28.4 Å². The van der Waals surface area contributed by atoms with Crippen molar-refractivity contribution in [2.45, 2.75) is 61.9 Å². The first-order valence-corrected chi connectivity index (χ1v) is 24.5. The van der Waals surface area contributed by atoms with Gasteiger partial charge < -0.3 is 55.0 Å². The summed E-state index contributed by atoms with van der Waals surface area (Å²) in [6.07, 6.45) is 4.51. The van der Waals surface area contributed by atoms with Crippen molar-refractivity contribution in [2.24, 2.45) is 0 Å². The van der Waals surface area contributed by atoms with Gasteiger partial charge in [0.2, 0.25) is 5.91 Å². The number of fused-ring (bicyclic) bond motifs is 1. The summed E-state index contributed by atoms with van der Waals surface area (Å²) in [5, 5.41) is 15.8. The van der Waals surface area contributed by atoms with Gasteiger partial charge in [-0.25, -0.2) is 4.79 Å². The zero-order valence-electron chi connectivity index (χ0n) is 40.4. The zero-order valence-corrected chi connectivity index (χ0v) is 41.2. The Balaban J connectivity index is 1.18. The molecule has 22 heteroatoms. The van der Waals surface area contributed by atoms with Gasteiger partial charge in [-0.2, -0.15) is 11.8 Å². The minimum atomic E-state index is -0.415. The lowest BCUT2D eigenvalue weighted by atomic mass is 10.0. The lowest BCUT2D eigenvalue weighted by Gasteiger charge is -2.38. The van der Waals surface area contributed by atoms with Crippen LogP contribution in [0.1, 0.15) is 37.7 Å². The summed E-state index contributed by atoms with van der Waals surface area (Å²) >= 11 is 1.89. The third-order valence-corrected chi connectivity index (χ3v) is 13.5.